The van der Waals surface area contributed by atoms with Crippen LogP contribution in [0.1, 0.15) is 176 Å². The van der Waals surface area contributed by atoms with Gasteiger partial charge in [0.2, 0.25) is 0 Å². The lowest BCUT2D eigenvalue weighted by Gasteiger charge is -2.73. The number of aliphatic hydroxyl groups is 3. The van der Waals surface area contributed by atoms with Crippen molar-refractivity contribution < 1.29 is 34.9 Å². The summed E-state index contributed by atoms with van der Waals surface area (Å²) in [6.45, 7) is 15.6. The van der Waals surface area contributed by atoms with Crippen molar-refractivity contribution >= 4 is 5.78 Å². The number of piperidine rings is 1. The molecule has 0 amide bonds. The number of Topliss-reactive ketones (excluding diaryl/α,β-unsaturated/α-hetero) is 1. The van der Waals surface area contributed by atoms with Crippen LogP contribution in [0.4, 0.5) is 0 Å². The van der Waals surface area contributed by atoms with E-state index in [1.807, 2.05) is 6.92 Å². The van der Waals surface area contributed by atoms with E-state index in [9.17, 15) is 15.3 Å². The van der Waals surface area contributed by atoms with Crippen LogP contribution in [-0.4, -0.2) is 75.5 Å². The zero-order valence-electron chi connectivity index (χ0n) is 37.9. The normalized spacial score (nSPS) is 51.9. The number of hydrogen-bond acceptors (Lipinski definition) is 7. The second kappa shape index (κ2) is 14.3. The molecule has 0 spiro atoms. The van der Waals surface area contributed by atoms with Crippen molar-refractivity contribution in [2.75, 3.05) is 13.2 Å². The second-order valence-electron chi connectivity index (χ2n) is 24.8. The summed E-state index contributed by atoms with van der Waals surface area (Å²) in [5, 5.41) is 40.6. The van der Waals surface area contributed by atoms with Crippen LogP contribution in [0, 0.1) is 69.0 Å². The molecule has 17 atom stereocenters. The van der Waals surface area contributed by atoms with Gasteiger partial charge in [-0.15, -0.1) is 0 Å². The zero-order valence-corrected chi connectivity index (χ0v) is 37.9. The quantitative estimate of drug-likeness (QED) is 0.145. The molecule has 0 aromatic heterocycles. The fraction of sp³-hybridized carbons (Fsp3) is 0.941. The van der Waals surface area contributed by atoms with Gasteiger partial charge in [-0.05, 0) is 172 Å². The van der Waals surface area contributed by atoms with Gasteiger partial charge in [0.15, 0.2) is 5.78 Å². The standard InChI is InChI=1S/C51H82N2O6/c1-30-18-23-58-50(28-30,44-43(59-44)48(6,56)45(2,3)19-14-32-17-22-53-39(52)24-32)38-26-34-12-13-36-40-42-47(5)33(25-35(54)27-37(47)41(36)55)16-21-49(42,29-46(38,4)51(34,40)57)20-15-31-10-8-7-9-11-31/h30-35,37-39,42-44,53-54,56-57H,7-29,52H2,1-6H3/p+1. The minimum absolute atomic E-state index is 0.00579. The van der Waals surface area contributed by atoms with E-state index < -0.39 is 28.3 Å². The van der Waals surface area contributed by atoms with Gasteiger partial charge in [-0.2, -0.15) is 0 Å². The molecule has 8 nitrogen and oxygen atoms in total. The Hall–Kier alpha value is -0.870. The van der Waals surface area contributed by atoms with Gasteiger partial charge in [0, 0.05) is 24.4 Å². The number of carbonyl (C=O) groups excluding carboxylic acids is 1. The summed E-state index contributed by atoms with van der Waals surface area (Å²) in [7, 11) is 0. The molecule has 8 heteroatoms. The van der Waals surface area contributed by atoms with E-state index in [0.717, 1.165) is 95.1 Å². The van der Waals surface area contributed by atoms with Crippen molar-refractivity contribution in [3.63, 3.8) is 0 Å². The van der Waals surface area contributed by atoms with Crippen molar-refractivity contribution in [2.24, 2.45) is 74.7 Å². The summed E-state index contributed by atoms with van der Waals surface area (Å²) in [5.41, 5.74) is 4.64. The molecular weight excluding hydrogens is 737 g/mol. The number of hydrogen-bond donors (Lipinski definition) is 5. The molecule has 10 aliphatic rings. The number of allylic oxidation sites excluding steroid dienone is 1. The van der Waals surface area contributed by atoms with Crippen LogP contribution in [0.15, 0.2) is 11.1 Å². The summed E-state index contributed by atoms with van der Waals surface area (Å²) >= 11 is 0. The summed E-state index contributed by atoms with van der Waals surface area (Å²) in [6, 6.07) is 0. The molecule has 10 rings (SSSR count). The molecule has 0 aromatic rings. The zero-order chi connectivity index (χ0) is 41.5. The molecule has 3 aliphatic heterocycles. The molecule has 5 saturated carbocycles. The highest BCUT2D eigenvalue weighted by molar-refractivity contribution is 6.00. The van der Waals surface area contributed by atoms with Crippen LogP contribution in [0.3, 0.4) is 0 Å². The molecule has 332 valence electrons. The van der Waals surface area contributed by atoms with Crippen molar-refractivity contribution in [1.82, 2.24) is 0 Å². The molecule has 3 heterocycles. The number of ether oxygens (including phenoxy) is 2. The van der Waals surface area contributed by atoms with E-state index in [0.29, 0.717) is 30.8 Å². The lowest BCUT2D eigenvalue weighted by atomic mass is 9.32. The first-order valence-electron chi connectivity index (χ1n) is 25.2. The SMILES string of the molecule is CC1CCOC(C2OC2C(C)(O)C(C)(C)CCC2CC[NH2+]C(N)C2)(C2CC3CCC4=C5C6C(CCC7CCCCC7)(CCC7CC(O)CC(C4=O)C76C)CC2(C)C53O)C1. The topological polar surface area (TPSA) is 142 Å². The maximum Gasteiger partial charge on any atom is 0.162 e. The largest absolute Gasteiger partial charge is 0.393 e. The van der Waals surface area contributed by atoms with E-state index in [-0.39, 0.29) is 64.1 Å². The summed E-state index contributed by atoms with van der Waals surface area (Å²) in [5.74, 6) is 2.54. The first-order chi connectivity index (χ1) is 27.9. The lowest BCUT2D eigenvalue weighted by molar-refractivity contribution is -0.699. The molecule has 3 saturated heterocycles. The van der Waals surface area contributed by atoms with E-state index in [1.54, 1.807) is 0 Å². The van der Waals surface area contributed by atoms with Crippen molar-refractivity contribution in [2.45, 2.75) is 218 Å². The van der Waals surface area contributed by atoms with Crippen LogP contribution in [0.2, 0.25) is 0 Å². The lowest BCUT2D eigenvalue weighted by Crippen LogP contribution is -2.94. The Labute approximate surface area is 356 Å². The van der Waals surface area contributed by atoms with Gasteiger partial charge in [0.25, 0.3) is 0 Å². The molecule has 59 heavy (non-hydrogen) atoms. The maximum absolute atomic E-state index is 15.1. The van der Waals surface area contributed by atoms with Crippen molar-refractivity contribution in [3.05, 3.63) is 11.1 Å². The van der Waals surface area contributed by atoms with Gasteiger partial charge < -0.3 is 30.1 Å². The Morgan fingerprint density at radius 1 is 0.932 bits per heavy atom. The molecule has 17 unspecified atom stereocenters. The molecule has 0 aromatic carbocycles. The van der Waals surface area contributed by atoms with Gasteiger partial charge in [0.1, 0.15) is 24.0 Å². The van der Waals surface area contributed by atoms with Crippen molar-refractivity contribution in [3.8, 4) is 0 Å². The molecule has 7 N–H and O–H groups in total. The minimum atomic E-state index is -1.08. The predicted molar refractivity (Wildman–Crippen MR) is 229 cm³/mol. The Kier molecular flexibility index (Phi) is 10.2. The van der Waals surface area contributed by atoms with Crippen LogP contribution in [0.5, 0.6) is 0 Å². The van der Waals surface area contributed by atoms with E-state index >= 15 is 4.79 Å². The monoisotopic (exact) mass is 820 g/mol. The van der Waals surface area contributed by atoms with Crippen LogP contribution in [-0.2, 0) is 14.3 Å². The molecule has 0 radical (unpaired) electrons. The number of nitrogens with two attached hydrogens (primary N) is 2. The first kappa shape index (κ1) is 42.1. The molecule has 0 bridgehead atoms. The average Bonchev–Trinajstić information content (AvgIpc) is 3.98. The van der Waals surface area contributed by atoms with Gasteiger partial charge in [-0.3, -0.25) is 10.5 Å². The highest BCUT2D eigenvalue weighted by Gasteiger charge is 2.81. The summed E-state index contributed by atoms with van der Waals surface area (Å²) < 4.78 is 14.4. The third kappa shape index (κ3) is 6.00. The summed E-state index contributed by atoms with van der Waals surface area (Å²) in [4.78, 5) is 15.1. The number of aliphatic hydroxyl groups excluding tert-OH is 1. The number of quaternary nitrogens is 1. The fourth-order valence-corrected chi connectivity index (χ4v) is 18.0. The van der Waals surface area contributed by atoms with E-state index in [2.05, 4.69) is 39.9 Å². The Balaban J connectivity index is 1.05. The number of rotatable bonds is 10. The second-order valence-corrected chi connectivity index (χ2v) is 24.8. The van der Waals surface area contributed by atoms with E-state index in [4.69, 9.17) is 15.2 Å². The van der Waals surface area contributed by atoms with Gasteiger partial charge in [-0.1, -0.05) is 66.7 Å². The predicted octanol–water partition coefficient (Wildman–Crippen LogP) is 7.36. The third-order valence-corrected chi connectivity index (χ3v) is 21.5. The highest BCUT2D eigenvalue weighted by atomic mass is 16.6. The van der Waals surface area contributed by atoms with Gasteiger partial charge in [-0.25, -0.2) is 0 Å². The Morgan fingerprint density at radius 2 is 1.71 bits per heavy atom. The van der Waals surface area contributed by atoms with Gasteiger partial charge in [0.05, 0.1) is 23.9 Å². The number of ketones is 1. The first-order valence-corrected chi connectivity index (χ1v) is 25.2. The number of epoxide rings is 1. The van der Waals surface area contributed by atoms with Crippen LogP contribution >= 0.6 is 0 Å². The third-order valence-electron chi connectivity index (χ3n) is 21.5. The number of carbonyl (C=O) groups is 1. The van der Waals surface area contributed by atoms with Gasteiger partial charge >= 0.3 is 0 Å². The minimum Gasteiger partial charge on any atom is -0.393 e. The highest BCUT2D eigenvalue weighted by Crippen LogP contribution is 2.81. The van der Waals surface area contributed by atoms with E-state index in [1.165, 1.54) is 56.9 Å². The fourth-order valence-electron chi connectivity index (χ4n) is 18.0. The molecular formula is C51H83N2O6+. The van der Waals surface area contributed by atoms with Crippen LogP contribution in [0.25, 0.3) is 0 Å². The maximum atomic E-state index is 15.1. The van der Waals surface area contributed by atoms with Crippen LogP contribution < -0.4 is 11.1 Å². The molecule has 8 fully saturated rings. The Morgan fingerprint density at radius 3 is 2.46 bits per heavy atom. The average molecular weight is 820 g/mol. The van der Waals surface area contributed by atoms with Crippen molar-refractivity contribution in [1.29, 1.82) is 0 Å². The Bertz CT molecular complexity index is 1690. The molecule has 7 aliphatic carbocycles. The smallest absolute Gasteiger partial charge is 0.162 e. The summed E-state index contributed by atoms with van der Waals surface area (Å²) in [6.07, 6.45) is 21.5.